The summed E-state index contributed by atoms with van der Waals surface area (Å²) in [4.78, 5) is 25.9. The summed E-state index contributed by atoms with van der Waals surface area (Å²) in [5, 5.41) is 3.32. The number of rotatable bonds is 5. The van der Waals surface area contributed by atoms with Crippen LogP contribution < -0.4 is 16.0 Å². The largest absolute Gasteiger partial charge is 0.397 e. The molecule has 19 heavy (non-hydrogen) atoms. The molecule has 6 heteroatoms. The van der Waals surface area contributed by atoms with Crippen LogP contribution in [-0.4, -0.2) is 32.3 Å². The lowest BCUT2D eigenvalue weighted by Gasteiger charge is -2.21. The lowest BCUT2D eigenvalue weighted by atomic mass is 10.1. The Morgan fingerprint density at radius 1 is 1.42 bits per heavy atom. The van der Waals surface area contributed by atoms with Crippen LogP contribution in [-0.2, 0) is 0 Å². The minimum absolute atomic E-state index is 0.114. The number of hydrogen-bond donors (Lipinski definition) is 2. The second-order valence-corrected chi connectivity index (χ2v) is 5.93. The highest BCUT2D eigenvalue weighted by atomic mass is 32.1. The number of carbonyl (C=O) groups is 2. The Labute approximate surface area is 117 Å². The third-order valence-corrected chi connectivity index (χ3v) is 4.11. The first-order chi connectivity index (χ1) is 8.79. The van der Waals surface area contributed by atoms with Crippen molar-refractivity contribution in [1.29, 1.82) is 0 Å². The smallest absolute Gasteiger partial charge is 0.256 e. The molecule has 0 radical (unpaired) electrons. The summed E-state index contributed by atoms with van der Waals surface area (Å²) in [5.41, 5.74) is 6.64. The van der Waals surface area contributed by atoms with E-state index >= 15 is 0 Å². The van der Waals surface area contributed by atoms with E-state index < -0.39 is 0 Å². The zero-order valence-electron chi connectivity index (χ0n) is 12.0. The monoisotopic (exact) mass is 283 g/mol. The minimum Gasteiger partial charge on any atom is -0.397 e. The maximum absolute atomic E-state index is 12.0. The van der Waals surface area contributed by atoms with E-state index in [1.54, 1.807) is 7.05 Å². The number of nitrogen functional groups attached to an aromatic ring is 1. The zero-order chi connectivity index (χ0) is 14.7. The summed E-state index contributed by atoms with van der Waals surface area (Å²) >= 11 is 1.28. The van der Waals surface area contributed by atoms with Gasteiger partial charge in [-0.25, -0.2) is 0 Å². The highest BCUT2D eigenvalue weighted by Crippen LogP contribution is 2.38. The molecular formula is C13H21N3O2S. The first-order valence-electron chi connectivity index (χ1n) is 6.16. The highest BCUT2D eigenvalue weighted by Gasteiger charge is 2.25. The van der Waals surface area contributed by atoms with Crippen LogP contribution in [0.1, 0.15) is 40.8 Å². The number of nitrogens with one attached hydrogen (secondary N) is 1. The predicted molar refractivity (Wildman–Crippen MR) is 80.2 cm³/mol. The Morgan fingerprint density at radius 3 is 2.42 bits per heavy atom. The van der Waals surface area contributed by atoms with Gasteiger partial charge in [0.05, 0.1) is 16.1 Å². The van der Waals surface area contributed by atoms with Crippen molar-refractivity contribution < 1.29 is 9.59 Å². The molecule has 0 aliphatic rings. The van der Waals surface area contributed by atoms with Crippen molar-refractivity contribution in [1.82, 2.24) is 5.32 Å². The van der Waals surface area contributed by atoms with Gasteiger partial charge in [0.1, 0.15) is 5.00 Å². The fourth-order valence-corrected chi connectivity index (χ4v) is 3.02. The summed E-state index contributed by atoms with van der Waals surface area (Å²) < 4.78 is 0. The molecule has 1 rings (SSSR count). The highest BCUT2D eigenvalue weighted by molar-refractivity contribution is 7.19. The Balaban J connectivity index is 3.32. The molecule has 1 aromatic heterocycles. The van der Waals surface area contributed by atoms with Crippen LogP contribution in [0.15, 0.2) is 0 Å². The maximum Gasteiger partial charge on any atom is 0.256 e. The van der Waals surface area contributed by atoms with Crippen LogP contribution in [0, 0.1) is 5.92 Å². The van der Waals surface area contributed by atoms with Crippen LogP contribution in [0.3, 0.4) is 0 Å². The van der Waals surface area contributed by atoms with Gasteiger partial charge in [-0.3, -0.25) is 9.59 Å². The molecule has 0 spiro atoms. The van der Waals surface area contributed by atoms with Gasteiger partial charge in [0.15, 0.2) is 5.78 Å². The number of nitrogens with two attached hydrogens (primary N) is 1. The van der Waals surface area contributed by atoms with Crippen molar-refractivity contribution >= 4 is 33.7 Å². The number of hydrogen-bond acceptors (Lipinski definition) is 5. The number of amides is 1. The van der Waals surface area contributed by atoms with Crippen molar-refractivity contribution in [3.8, 4) is 0 Å². The molecule has 0 aliphatic heterocycles. The Bertz CT molecular complexity index is 494. The van der Waals surface area contributed by atoms with Crippen molar-refractivity contribution in [3.05, 3.63) is 10.4 Å². The predicted octanol–water partition coefficient (Wildman–Crippen LogP) is 1.98. The molecule has 0 aliphatic carbocycles. The van der Waals surface area contributed by atoms with Gasteiger partial charge in [0, 0.05) is 27.6 Å². The molecule has 0 aromatic carbocycles. The van der Waals surface area contributed by atoms with Gasteiger partial charge in [0.2, 0.25) is 0 Å². The number of nitrogens with zero attached hydrogens (tertiary/aromatic N) is 1. The Hall–Kier alpha value is -1.56. The molecule has 0 saturated carbocycles. The van der Waals surface area contributed by atoms with E-state index in [1.165, 1.54) is 18.3 Å². The van der Waals surface area contributed by atoms with Gasteiger partial charge in [-0.2, -0.15) is 0 Å². The topological polar surface area (TPSA) is 75.4 Å². The molecular weight excluding hydrogens is 262 g/mol. The van der Waals surface area contributed by atoms with E-state index in [0.717, 1.165) is 11.5 Å². The van der Waals surface area contributed by atoms with Crippen molar-refractivity contribution in [2.45, 2.75) is 20.8 Å². The Kier molecular flexibility index (Phi) is 4.94. The second-order valence-electron chi connectivity index (χ2n) is 4.93. The van der Waals surface area contributed by atoms with Crippen LogP contribution in [0.4, 0.5) is 10.7 Å². The van der Waals surface area contributed by atoms with Gasteiger partial charge >= 0.3 is 0 Å². The Morgan fingerprint density at radius 2 is 2.00 bits per heavy atom. The number of thiophene rings is 1. The molecule has 3 N–H and O–H groups in total. The second kappa shape index (κ2) is 6.06. The third kappa shape index (κ3) is 3.26. The molecule has 1 amide bonds. The number of carbonyl (C=O) groups excluding carboxylic acids is 2. The zero-order valence-corrected chi connectivity index (χ0v) is 12.9. The first kappa shape index (κ1) is 15.5. The van der Waals surface area contributed by atoms with Gasteiger partial charge < -0.3 is 16.0 Å². The lowest BCUT2D eigenvalue weighted by Crippen LogP contribution is -2.26. The van der Waals surface area contributed by atoms with Crippen LogP contribution in [0.5, 0.6) is 0 Å². The third-order valence-electron chi connectivity index (χ3n) is 2.69. The van der Waals surface area contributed by atoms with Crippen LogP contribution in [0.2, 0.25) is 0 Å². The number of ketones is 1. The van der Waals surface area contributed by atoms with E-state index in [1.807, 2.05) is 11.9 Å². The van der Waals surface area contributed by atoms with E-state index in [9.17, 15) is 9.59 Å². The summed E-state index contributed by atoms with van der Waals surface area (Å²) in [5.74, 6) is 0.0790. The number of Topliss-reactive ketones (excluding diaryl/α,β-unsaturated/α-hetero) is 1. The fourth-order valence-electron chi connectivity index (χ4n) is 1.94. The summed E-state index contributed by atoms with van der Waals surface area (Å²) in [7, 11) is 3.46. The van der Waals surface area contributed by atoms with E-state index in [-0.39, 0.29) is 17.4 Å². The molecule has 106 valence electrons. The van der Waals surface area contributed by atoms with E-state index in [2.05, 4.69) is 19.2 Å². The molecule has 0 bridgehead atoms. The van der Waals surface area contributed by atoms with Crippen LogP contribution >= 0.6 is 11.3 Å². The number of anilines is 2. The minimum atomic E-state index is -0.258. The quantitative estimate of drug-likeness (QED) is 0.810. The normalized spacial score (nSPS) is 10.6. The van der Waals surface area contributed by atoms with Crippen LogP contribution in [0.25, 0.3) is 0 Å². The fraction of sp³-hybridized carbons (Fsp3) is 0.538. The molecule has 0 saturated heterocycles. The van der Waals surface area contributed by atoms with Crippen molar-refractivity contribution in [2.24, 2.45) is 5.92 Å². The van der Waals surface area contributed by atoms with Gasteiger partial charge in [0.25, 0.3) is 5.91 Å². The molecule has 5 nitrogen and oxygen atoms in total. The maximum atomic E-state index is 12.0. The molecule has 1 aromatic rings. The van der Waals surface area contributed by atoms with E-state index in [0.29, 0.717) is 16.4 Å². The van der Waals surface area contributed by atoms with E-state index in [4.69, 9.17) is 5.73 Å². The molecule has 0 atom stereocenters. The first-order valence-corrected chi connectivity index (χ1v) is 6.97. The van der Waals surface area contributed by atoms with Gasteiger partial charge in [-0.1, -0.05) is 13.8 Å². The molecule has 0 unspecified atom stereocenters. The average molecular weight is 283 g/mol. The summed E-state index contributed by atoms with van der Waals surface area (Å²) in [6, 6.07) is 0. The summed E-state index contributed by atoms with van der Waals surface area (Å²) in [6.45, 7) is 6.45. The average Bonchev–Trinajstić information content (AvgIpc) is 2.65. The van der Waals surface area contributed by atoms with Crippen molar-refractivity contribution in [2.75, 3.05) is 31.3 Å². The SMILES string of the molecule is CNC(=O)c1c(N(C)CC(C)C)sc(C(C)=O)c1N. The van der Waals surface area contributed by atoms with Gasteiger partial charge in [-0.15, -0.1) is 11.3 Å². The standard InChI is InChI=1S/C13H21N3O2S/c1-7(2)6-16(5)13-9(12(18)15-4)10(14)11(19-13)8(3)17/h7H,6,14H2,1-5H3,(H,15,18). The molecule has 1 heterocycles. The summed E-state index contributed by atoms with van der Waals surface area (Å²) in [6.07, 6.45) is 0. The molecule has 0 fully saturated rings. The lowest BCUT2D eigenvalue weighted by molar-refractivity contribution is 0.0964. The van der Waals surface area contributed by atoms with Crippen molar-refractivity contribution in [3.63, 3.8) is 0 Å². The van der Waals surface area contributed by atoms with Gasteiger partial charge in [-0.05, 0) is 5.92 Å².